The first-order valence-corrected chi connectivity index (χ1v) is 5.89. The highest BCUT2D eigenvalue weighted by Gasteiger charge is 2.23. The van der Waals surface area contributed by atoms with E-state index in [1.807, 2.05) is 22.9 Å². The summed E-state index contributed by atoms with van der Waals surface area (Å²) in [6.07, 6.45) is 0. The highest BCUT2D eigenvalue weighted by molar-refractivity contribution is 5.90. The molecule has 3 rings (SSSR count). The summed E-state index contributed by atoms with van der Waals surface area (Å²) in [5.74, 6) is -0.483. The number of nitrogens with zero attached hydrogens (tertiary/aromatic N) is 2. The Morgan fingerprint density at radius 2 is 2.17 bits per heavy atom. The lowest BCUT2D eigenvalue weighted by Crippen LogP contribution is -2.34. The summed E-state index contributed by atoms with van der Waals surface area (Å²) in [6, 6.07) is 12.0. The second-order valence-corrected chi connectivity index (χ2v) is 4.39. The van der Waals surface area contributed by atoms with Gasteiger partial charge in [0.1, 0.15) is 5.69 Å². The van der Waals surface area contributed by atoms with E-state index in [9.17, 15) is 4.79 Å². The molecule has 2 aromatic rings. The van der Waals surface area contributed by atoms with Crippen LogP contribution in [0.2, 0.25) is 0 Å². The monoisotopic (exact) mass is 242 g/mol. The molecule has 5 nitrogen and oxygen atoms in total. The van der Waals surface area contributed by atoms with Crippen molar-refractivity contribution in [1.82, 2.24) is 15.1 Å². The maximum absolute atomic E-state index is 11.2. The zero-order valence-corrected chi connectivity index (χ0v) is 9.84. The van der Waals surface area contributed by atoms with Gasteiger partial charge in [-0.15, -0.1) is 0 Å². The van der Waals surface area contributed by atoms with Crippen molar-refractivity contribution < 1.29 is 4.79 Å². The molecule has 5 heteroatoms. The van der Waals surface area contributed by atoms with Crippen molar-refractivity contribution in [3.05, 3.63) is 53.3 Å². The van der Waals surface area contributed by atoms with Crippen LogP contribution in [0.1, 0.15) is 27.8 Å². The van der Waals surface area contributed by atoms with Crippen LogP contribution < -0.4 is 11.1 Å². The molecule has 1 atom stereocenters. The second kappa shape index (κ2) is 4.27. The lowest BCUT2D eigenvalue weighted by molar-refractivity contribution is 0.0994. The maximum atomic E-state index is 11.2. The third-order valence-corrected chi connectivity index (χ3v) is 3.19. The minimum Gasteiger partial charge on any atom is -0.364 e. The lowest BCUT2D eigenvalue weighted by Gasteiger charge is -2.25. The first-order valence-electron chi connectivity index (χ1n) is 5.89. The van der Waals surface area contributed by atoms with Crippen molar-refractivity contribution in [2.75, 3.05) is 6.54 Å². The number of nitrogens with one attached hydrogen (secondary N) is 1. The maximum Gasteiger partial charge on any atom is 0.269 e. The molecule has 0 aliphatic carbocycles. The smallest absolute Gasteiger partial charge is 0.269 e. The Morgan fingerprint density at radius 1 is 1.39 bits per heavy atom. The number of carbonyl (C=O) groups excluding carboxylic acids is 1. The summed E-state index contributed by atoms with van der Waals surface area (Å²) in [6.45, 7) is 1.51. The number of fused-ring (bicyclic) bond motifs is 1. The number of rotatable bonds is 2. The van der Waals surface area contributed by atoms with E-state index in [0.717, 1.165) is 12.2 Å². The average Bonchev–Trinajstić information content (AvgIpc) is 2.83. The predicted molar refractivity (Wildman–Crippen MR) is 67.0 cm³/mol. The van der Waals surface area contributed by atoms with Crippen molar-refractivity contribution in [3.63, 3.8) is 0 Å². The molecule has 1 aliphatic rings. The van der Waals surface area contributed by atoms with Crippen LogP contribution in [0.5, 0.6) is 0 Å². The fourth-order valence-corrected chi connectivity index (χ4v) is 2.31. The average molecular weight is 242 g/mol. The molecule has 0 fully saturated rings. The van der Waals surface area contributed by atoms with Crippen molar-refractivity contribution >= 4 is 5.91 Å². The van der Waals surface area contributed by atoms with Crippen LogP contribution in [-0.2, 0) is 6.54 Å². The summed E-state index contributed by atoms with van der Waals surface area (Å²) in [5.41, 5.74) is 7.76. The Morgan fingerprint density at radius 3 is 2.89 bits per heavy atom. The van der Waals surface area contributed by atoms with Crippen molar-refractivity contribution in [2.24, 2.45) is 5.73 Å². The summed E-state index contributed by atoms with van der Waals surface area (Å²) < 4.78 is 1.89. The molecule has 0 spiro atoms. The van der Waals surface area contributed by atoms with Gasteiger partial charge in [-0.05, 0) is 11.6 Å². The van der Waals surface area contributed by atoms with Crippen LogP contribution in [0.4, 0.5) is 0 Å². The number of hydrogen-bond acceptors (Lipinski definition) is 3. The molecule has 1 amide bonds. The van der Waals surface area contributed by atoms with Crippen LogP contribution >= 0.6 is 0 Å². The van der Waals surface area contributed by atoms with Crippen LogP contribution in [0.25, 0.3) is 0 Å². The van der Waals surface area contributed by atoms with Gasteiger partial charge in [-0.3, -0.25) is 9.48 Å². The lowest BCUT2D eigenvalue weighted by atomic mass is 10.1. The van der Waals surface area contributed by atoms with Crippen molar-refractivity contribution in [3.8, 4) is 0 Å². The van der Waals surface area contributed by atoms with Gasteiger partial charge in [0.25, 0.3) is 5.91 Å². The fourth-order valence-electron chi connectivity index (χ4n) is 2.31. The highest BCUT2D eigenvalue weighted by atomic mass is 16.1. The molecule has 0 saturated carbocycles. The van der Waals surface area contributed by atoms with Crippen LogP contribution in [0, 0.1) is 0 Å². The molecule has 3 N–H and O–H groups in total. The van der Waals surface area contributed by atoms with E-state index < -0.39 is 5.91 Å². The SMILES string of the molecule is NC(=O)c1cc2n(n1)C(c1ccccc1)CNC2. The molecular formula is C13H14N4O. The van der Waals surface area contributed by atoms with Crippen LogP contribution in [-0.4, -0.2) is 22.2 Å². The van der Waals surface area contributed by atoms with E-state index in [0.29, 0.717) is 12.2 Å². The van der Waals surface area contributed by atoms with Gasteiger partial charge in [0.15, 0.2) is 0 Å². The summed E-state index contributed by atoms with van der Waals surface area (Å²) >= 11 is 0. The van der Waals surface area contributed by atoms with Crippen molar-refractivity contribution in [1.29, 1.82) is 0 Å². The van der Waals surface area contributed by atoms with Gasteiger partial charge in [-0.2, -0.15) is 5.10 Å². The first-order chi connectivity index (χ1) is 8.75. The Bertz CT molecular complexity index is 576. The number of hydrogen-bond donors (Lipinski definition) is 2. The zero-order chi connectivity index (χ0) is 12.5. The van der Waals surface area contributed by atoms with Crippen LogP contribution in [0.3, 0.4) is 0 Å². The fraction of sp³-hybridized carbons (Fsp3) is 0.231. The van der Waals surface area contributed by atoms with Gasteiger partial charge in [-0.25, -0.2) is 0 Å². The van der Waals surface area contributed by atoms with Gasteiger partial charge >= 0.3 is 0 Å². The second-order valence-electron chi connectivity index (χ2n) is 4.39. The third kappa shape index (κ3) is 1.78. The Kier molecular flexibility index (Phi) is 2.60. The molecule has 0 bridgehead atoms. The van der Waals surface area contributed by atoms with E-state index in [1.165, 1.54) is 5.56 Å². The molecule has 1 aliphatic heterocycles. The van der Waals surface area contributed by atoms with Gasteiger partial charge in [-0.1, -0.05) is 30.3 Å². The quantitative estimate of drug-likeness (QED) is 0.813. The van der Waals surface area contributed by atoms with Gasteiger partial charge in [0.2, 0.25) is 0 Å². The molecule has 1 aromatic carbocycles. The van der Waals surface area contributed by atoms with Crippen LogP contribution in [0.15, 0.2) is 36.4 Å². The third-order valence-electron chi connectivity index (χ3n) is 3.19. The topological polar surface area (TPSA) is 72.9 Å². The van der Waals surface area contributed by atoms with E-state index in [2.05, 4.69) is 22.5 Å². The number of benzene rings is 1. The largest absolute Gasteiger partial charge is 0.364 e. The van der Waals surface area contributed by atoms with E-state index in [-0.39, 0.29) is 6.04 Å². The standard InChI is InChI=1S/C13H14N4O/c14-13(18)11-6-10-7-15-8-12(17(10)16-11)9-4-2-1-3-5-9/h1-6,12,15H,7-8H2,(H2,14,18). The summed E-state index contributed by atoms with van der Waals surface area (Å²) in [5, 5.41) is 7.64. The van der Waals surface area contributed by atoms with E-state index in [4.69, 9.17) is 5.73 Å². The predicted octanol–water partition coefficient (Wildman–Crippen LogP) is 0.675. The molecule has 2 heterocycles. The molecule has 18 heavy (non-hydrogen) atoms. The van der Waals surface area contributed by atoms with Crippen molar-refractivity contribution in [2.45, 2.75) is 12.6 Å². The number of carbonyl (C=O) groups is 1. The molecule has 92 valence electrons. The first kappa shape index (κ1) is 11.0. The number of nitrogens with two attached hydrogens (primary N) is 1. The minimum absolute atomic E-state index is 0.114. The molecule has 1 aromatic heterocycles. The number of aromatic nitrogens is 2. The molecular weight excluding hydrogens is 228 g/mol. The Balaban J connectivity index is 2.04. The molecule has 0 saturated heterocycles. The highest BCUT2D eigenvalue weighted by Crippen LogP contribution is 2.22. The van der Waals surface area contributed by atoms with Gasteiger partial charge in [0.05, 0.1) is 11.7 Å². The number of amides is 1. The number of primary amides is 1. The van der Waals surface area contributed by atoms with E-state index in [1.54, 1.807) is 6.07 Å². The van der Waals surface area contributed by atoms with Gasteiger partial charge < -0.3 is 11.1 Å². The summed E-state index contributed by atoms with van der Waals surface area (Å²) in [4.78, 5) is 11.2. The van der Waals surface area contributed by atoms with E-state index >= 15 is 0 Å². The normalized spacial score (nSPS) is 18.3. The zero-order valence-electron chi connectivity index (χ0n) is 9.84. The molecule has 0 radical (unpaired) electrons. The minimum atomic E-state index is -0.483. The summed E-state index contributed by atoms with van der Waals surface area (Å²) in [7, 11) is 0. The Labute approximate surface area is 105 Å². The van der Waals surface area contributed by atoms with Gasteiger partial charge in [0, 0.05) is 13.1 Å². The Hall–Kier alpha value is -2.14. The molecule has 1 unspecified atom stereocenters.